The summed E-state index contributed by atoms with van der Waals surface area (Å²) in [6.45, 7) is 0. The van der Waals surface area contributed by atoms with Crippen LogP contribution < -0.4 is 5.32 Å². The largest absolute Gasteiger partial charge is 0.384 e. The smallest absolute Gasteiger partial charge is 0.248 e. The van der Waals surface area contributed by atoms with Crippen LogP contribution in [0.15, 0.2) is 6.20 Å². The summed E-state index contributed by atoms with van der Waals surface area (Å²) < 4.78 is 0. The molecule has 7 heteroatoms. The van der Waals surface area contributed by atoms with E-state index in [1.165, 1.54) is 16.2 Å². The van der Waals surface area contributed by atoms with E-state index in [2.05, 4.69) is 10.3 Å². The van der Waals surface area contributed by atoms with E-state index in [4.69, 9.17) is 0 Å². The van der Waals surface area contributed by atoms with Crippen molar-refractivity contribution < 1.29 is 14.7 Å². The standard InChI is InChI=1S/C16H23N3O3S/c1-19-11(6-5-7-13(19)20)14(21)18-15-17-10-12(23-15)16(22)8-3-2-4-9-16/h10-11,22H,2-9H2,1H3,(H,17,18,21). The molecular formula is C16H23N3O3S. The molecule has 1 saturated heterocycles. The van der Waals surface area contributed by atoms with Crippen LogP contribution in [-0.4, -0.2) is 39.9 Å². The zero-order chi connectivity index (χ0) is 16.4. The summed E-state index contributed by atoms with van der Waals surface area (Å²) in [5.74, 6) is -0.190. The maximum absolute atomic E-state index is 12.4. The minimum Gasteiger partial charge on any atom is -0.384 e. The van der Waals surface area contributed by atoms with Gasteiger partial charge in [0.2, 0.25) is 11.8 Å². The van der Waals surface area contributed by atoms with E-state index < -0.39 is 11.6 Å². The highest BCUT2D eigenvalue weighted by Crippen LogP contribution is 2.40. The van der Waals surface area contributed by atoms with Crippen molar-refractivity contribution in [2.45, 2.75) is 63.0 Å². The molecular weight excluding hydrogens is 314 g/mol. The van der Waals surface area contributed by atoms with Gasteiger partial charge in [-0.3, -0.25) is 9.59 Å². The van der Waals surface area contributed by atoms with E-state index >= 15 is 0 Å². The number of aliphatic hydroxyl groups is 1. The lowest BCUT2D eigenvalue weighted by Crippen LogP contribution is -2.47. The van der Waals surface area contributed by atoms with Crippen molar-refractivity contribution in [3.8, 4) is 0 Å². The van der Waals surface area contributed by atoms with Crippen molar-refractivity contribution in [3.63, 3.8) is 0 Å². The Morgan fingerprint density at radius 3 is 2.87 bits per heavy atom. The minimum atomic E-state index is -0.795. The summed E-state index contributed by atoms with van der Waals surface area (Å²) in [4.78, 5) is 30.7. The molecule has 2 fully saturated rings. The fraction of sp³-hybridized carbons (Fsp3) is 0.688. The first kappa shape index (κ1) is 16.4. The Bertz CT molecular complexity index is 595. The number of carbonyl (C=O) groups is 2. The van der Waals surface area contributed by atoms with Crippen LogP contribution in [0.4, 0.5) is 5.13 Å². The molecule has 126 valence electrons. The number of anilines is 1. The molecule has 1 saturated carbocycles. The molecule has 0 spiro atoms. The SMILES string of the molecule is CN1C(=O)CCCC1C(=O)Nc1ncc(C2(O)CCCCC2)s1. The fourth-order valence-electron chi connectivity index (χ4n) is 3.42. The van der Waals surface area contributed by atoms with Gasteiger partial charge >= 0.3 is 0 Å². The molecule has 2 amide bonds. The topological polar surface area (TPSA) is 82.5 Å². The predicted molar refractivity (Wildman–Crippen MR) is 88.1 cm³/mol. The van der Waals surface area contributed by atoms with Crippen LogP contribution in [0.1, 0.15) is 56.2 Å². The molecule has 0 aromatic carbocycles. The molecule has 0 bridgehead atoms. The lowest BCUT2D eigenvalue weighted by atomic mass is 9.84. The summed E-state index contributed by atoms with van der Waals surface area (Å²) in [6, 6.07) is -0.429. The first-order valence-corrected chi connectivity index (χ1v) is 9.06. The molecule has 1 atom stereocenters. The summed E-state index contributed by atoms with van der Waals surface area (Å²) in [5.41, 5.74) is -0.795. The average molecular weight is 337 g/mol. The number of aromatic nitrogens is 1. The van der Waals surface area contributed by atoms with Gasteiger partial charge in [0.25, 0.3) is 0 Å². The summed E-state index contributed by atoms with van der Waals surface area (Å²) >= 11 is 1.34. The number of rotatable bonds is 3. The van der Waals surface area contributed by atoms with E-state index in [1.54, 1.807) is 13.2 Å². The first-order chi connectivity index (χ1) is 11.0. The van der Waals surface area contributed by atoms with Gasteiger partial charge in [0, 0.05) is 19.7 Å². The molecule has 23 heavy (non-hydrogen) atoms. The number of thiazole rings is 1. The van der Waals surface area contributed by atoms with E-state index in [0.29, 0.717) is 18.0 Å². The van der Waals surface area contributed by atoms with Gasteiger partial charge in [-0.25, -0.2) is 4.98 Å². The lowest BCUT2D eigenvalue weighted by Gasteiger charge is -2.31. The van der Waals surface area contributed by atoms with Gasteiger partial charge in [-0.15, -0.1) is 0 Å². The average Bonchev–Trinajstić information content (AvgIpc) is 3.00. The Morgan fingerprint density at radius 1 is 1.39 bits per heavy atom. The Labute approximate surface area is 139 Å². The molecule has 1 aliphatic carbocycles. The number of nitrogens with zero attached hydrogens (tertiary/aromatic N) is 2. The predicted octanol–water partition coefficient (Wildman–Crippen LogP) is 2.24. The maximum Gasteiger partial charge on any atom is 0.248 e. The highest BCUT2D eigenvalue weighted by atomic mass is 32.1. The fourth-order valence-corrected chi connectivity index (χ4v) is 4.38. The number of piperidine rings is 1. The second-order valence-corrected chi connectivity index (χ2v) is 7.55. The second kappa shape index (κ2) is 6.57. The van der Waals surface area contributed by atoms with Crippen LogP contribution in [0.5, 0.6) is 0 Å². The molecule has 6 nitrogen and oxygen atoms in total. The second-order valence-electron chi connectivity index (χ2n) is 6.52. The quantitative estimate of drug-likeness (QED) is 0.886. The van der Waals surface area contributed by atoms with Gasteiger partial charge in [-0.2, -0.15) is 0 Å². The van der Waals surface area contributed by atoms with Crippen molar-refractivity contribution in [2.75, 3.05) is 12.4 Å². The third-order valence-electron chi connectivity index (χ3n) is 4.91. The van der Waals surface area contributed by atoms with Crippen LogP contribution in [0.3, 0.4) is 0 Å². The van der Waals surface area contributed by atoms with Gasteiger partial charge in [-0.1, -0.05) is 30.6 Å². The van der Waals surface area contributed by atoms with E-state index in [1.807, 2.05) is 0 Å². The Hall–Kier alpha value is -1.47. The Balaban J connectivity index is 1.66. The molecule has 2 N–H and O–H groups in total. The molecule has 2 aliphatic rings. The van der Waals surface area contributed by atoms with Crippen LogP contribution in [0, 0.1) is 0 Å². The van der Waals surface area contributed by atoms with Crippen LogP contribution in [0.25, 0.3) is 0 Å². The monoisotopic (exact) mass is 337 g/mol. The number of hydrogen-bond acceptors (Lipinski definition) is 5. The van der Waals surface area contributed by atoms with Crippen molar-refractivity contribution in [1.29, 1.82) is 0 Å². The third kappa shape index (κ3) is 3.40. The van der Waals surface area contributed by atoms with Crippen molar-refractivity contribution in [2.24, 2.45) is 0 Å². The number of hydrogen-bond donors (Lipinski definition) is 2. The van der Waals surface area contributed by atoms with Crippen LogP contribution in [-0.2, 0) is 15.2 Å². The first-order valence-electron chi connectivity index (χ1n) is 8.25. The lowest BCUT2D eigenvalue weighted by molar-refractivity contribution is -0.140. The third-order valence-corrected chi connectivity index (χ3v) is 6.01. The zero-order valence-electron chi connectivity index (χ0n) is 13.4. The Kier molecular flexibility index (Phi) is 4.68. The molecule has 1 unspecified atom stereocenters. The van der Waals surface area contributed by atoms with E-state index in [-0.39, 0.29) is 11.8 Å². The number of nitrogens with one attached hydrogen (secondary N) is 1. The molecule has 3 rings (SSSR count). The van der Waals surface area contributed by atoms with Gasteiger partial charge in [0.05, 0.1) is 4.88 Å². The molecule has 2 heterocycles. The highest BCUT2D eigenvalue weighted by Gasteiger charge is 2.34. The van der Waals surface area contributed by atoms with Gasteiger partial charge in [0.1, 0.15) is 11.6 Å². The van der Waals surface area contributed by atoms with Gasteiger partial charge in [0.15, 0.2) is 5.13 Å². The number of carbonyl (C=O) groups excluding carboxylic acids is 2. The van der Waals surface area contributed by atoms with Crippen molar-refractivity contribution in [1.82, 2.24) is 9.88 Å². The van der Waals surface area contributed by atoms with Crippen molar-refractivity contribution >= 4 is 28.3 Å². The van der Waals surface area contributed by atoms with Gasteiger partial charge in [-0.05, 0) is 25.7 Å². The summed E-state index contributed by atoms with van der Waals surface area (Å²) in [7, 11) is 1.67. The number of likely N-dealkylation sites (tertiary alicyclic amines) is 1. The number of amides is 2. The zero-order valence-corrected chi connectivity index (χ0v) is 14.2. The van der Waals surface area contributed by atoms with Crippen LogP contribution >= 0.6 is 11.3 Å². The molecule has 0 radical (unpaired) electrons. The van der Waals surface area contributed by atoms with E-state index in [0.717, 1.165) is 43.4 Å². The normalized spacial score (nSPS) is 24.5. The van der Waals surface area contributed by atoms with Gasteiger partial charge < -0.3 is 15.3 Å². The van der Waals surface area contributed by atoms with E-state index in [9.17, 15) is 14.7 Å². The Morgan fingerprint density at radius 2 is 2.13 bits per heavy atom. The van der Waals surface area contributed by atoms with Crippen molar-refractivity contribution in [3.05, 3.63) is 11.1 Å². The maximum atomic E-state index is 12.4. The highest BCUT2D eigenvalue weighted by molar-refractivity contribution is 7.15. The molecule has 1 aromatic rings. The molecule has 1 aromatic heterocycles. The number of likely N-dealkylation sites (N-methyl/N-ethyl adjacent to an activating group) is 1. The summed E-state index contributed by atoms with van der Waals surface area (Å²) in [5, 5.41) is 14.0. The summed E-state index contributed by atoms with van der Waals surface area (Å²) in [6.07, 6.45) is 8.30. The van der Waals surface area contributed by atoms with Crippen LogP contribution in [0.2, 0.25) is 0 Å². The minimum absolute atomic E-state index is 0.00717. The molecule has 1 aliphatic heterocycles.